The molecule has 2 rings (SSSR count). The molecule has 19 heavy (non-hydrogen) atoms. The topological polar surface area (TPSA) is 94.1 Å². The maximum atomic E-state index is 10.9. The zero-order valence-electron chi connectivity index (χ0n) is 9.86. The van der Waals surface area contributed by atoms with Crippen molar-refractivity contribution in [2.24, 2.45) is 0 Å². The zero-order chi connectivity index (χ0) is 13.8. The first-order chi connectivity index (χ1) is 9.11. The van der Waals surface area contributed by atoms with Gasteiger partial charge >= 0.3 is 0 Å². The van der Waals surface area contributed by atoms with Gasteiger partial charge in [0.2, 0.25) is 0 Å². The van der Waals surface area contributed by atoms with Gasteiger partial charge in [0, 0.05) is 12.7 Å². The first-order valence-corrected chi connectivity index (χ1v) is 6.37. The number of nitro benzene ring substituents is 1. The molecule has 0 saturated carbocycles. The third-order valence-electron chi connectivity index (χ3n) is 2.52. The summed E-state index contributed by atoms with van der Waals surface area (Å²) in [6.07, 6.45) is 2.93. The molecule has 1 aromatic carbocycles. The summed E-state index contributed by atoms with van der Waals surface area (Å²) in [4.78, 5) is 10.4. The fourth-order valence-electron chi connectivity index (χ4n) is 1.58. The maximum absolute atomic E-state index is 10.9. The van der Waals surface area contributed by atoms with Crippen LogP contribution in [0.1, 0.15) is 12.1 Å². The highest BCUT2D eigenvalue weighted by Crippen LogP contribution is 2.26. The molecular formula is C11H11BrN4O3. The van der Waals surface area contributed by atoms with E-state index in [0.717, 1.165) is 5.69 Å². The molecule has 0 fully saturated rings. The van der Waals surface area contributed by atoms with Gasteiger partial charge in [-0.3, -0.25) is 10.1 Å². The Balaban J connectivity index is 2.29. The summed E-state index contributed by atoms with van der Waals surface area (Å²) in [6.45, 7) is 0.0939. The molecule has 8 heteroatoms. The molecule has 0 spiro atoms. The van der Waals surface area contributed by atoms with Crippen LogP contribution >= 0.6 is 15.9 Å². The van der Waals surface area contributed by atoms with Crippen molar-refractivity contribution in [2.45, 2.75) is 12.8 Å². The minimum absolute atomic E-state index is 0.0232. The van der Waals surface area contributed by atoms with Crippen LogP contribution in [0.2, 0.25) is 0 Å². The number of aryl methyl sites for hydroxylation is 1. The highest BCUT2D eigenvalue weighted by atomic mass is 79.9. The van der Waals surface area contributed by atoms with Gasteiger partial charge in [0.05, 0.1) is 27.0 Å². The molecule has 1 heterocycles. The van der Waals surface area contributed by atoms with E-state index in [4.69, 9.17) is 5.11 Å². The van der Waals surface area contributed by atoms with E-state index in [1.54, 1.807) is 18.3 Å². The van der Waals surface area contributed by atoms with E-state index in [0.29, 0.717) is 23.0 Å². The molecule has 0 bridgehead atoms. The molecule has 100 valence electrons. The molecule has 0 aliphatic heterocycles. The van der Waals surface area contributed by atoms with E-state index >= 15 is 0 Å². The average molecular weight is 327 g/mol. The monoisotopic (exact) mass is 326 g/mol. The van der Waals surface area contributed by atoms with E-state index in [-0.39, 0.29) is 12.3 Å². The highest BCUT2D eigenvalue weighted by molar-refractivity contribution is 9.10. The molecule has 0 unspecified atom stereocenters. The Morgan fingerprint density at radius 2 is 2.26 bits per heavy atom. The van der Waals surface area contributed by atoms with Gasteiger partial charge in [0.1, 0.15) is 0 Å². The summed E-state index contributed by atoms with van der Waals surface area (Å²) in [6, 6.07) is 4.73. The summed E-state index contributed by atoms with van der Waals surface area (Å²) in [5, 5.41) is 27.5. The predicted octanol–water partition coefficient (Wildman–Crippen LogP) is 1.86. The van der Waals surface area contributed by atoms with Crippen LogP contribution in [0, 0.1) is 10.1 Å². The zero-order valence-corrected chi connectivity index (χ0v) is 11.4. The Morgan fingerprint density at radius 1 is 1.47 bits per heavy atom. The third kappa shape index (κ3) is 3.15. The molecule has 7 nitrogen and oxygen atoms in total. The van der Waals surface area contributed by atoms with Crippen LogP contribution in [-0.2, 0) is 6.42 Å². The van der Waals surface area contributed by atoms with Crippen molar-refractivity contribution in [2.75, 3.05) is 6.61 Å². The van der Waals surface area contributed by atoms with E-state index < -0.39 is 4.92 Å². The normalized spacial score (nSPS) is 10.6. The minimum atomic E-state index is -0.461. The van der Waals surface area contributed by atoms with Gasteiger partial charge in [-0.15, -0.1) is 5.10 Å². The lowest BCUT2D eigenvalue weighted by Gasteiger charge is -2.01. The Kier molecular flexibility index (Phi) is 4.23. The van der Waals surface area contributed by atoms with E-state index in [9.17, 15) is 10.1 Å². The van der Waals surface area contributed by atoms with Crippen LogP contribution in [0.25, 0.3) is 5.69 Å². The second-order valence-electron chi connectivity index (χ2n) is 3.87. The Morgan fingerprint density at radius 3 is 2.95 bits per heavy atom. The fraction of sp³-hybridized carbons (Fsp3) is 0.273. The molecule has 0 radical (unpaired) electrons. The van der Waals surface area contributed by atoms with Gasteiger partial charge < -0.3 is 5.11 Å². The van der Waals surface area contributed by atoms with Gasteiger partial charge in [-0.2, -0.15) is 0 Å². The lowest BCUT2D eigenvalue weighted by molar-refractivity contribution is -0.385. The molecule has 1 N–H and O–H groups in total. The van der Waals surface area contributed by atoms with Crippen molar-refractivity contribution in [1.29, 1.82) is 0 Å². The first kappa shape index (κ1) is 13.6. The van der Waals surface area contributed by atoms with Crippen LogP contribution in [0.15, 0.2) is 28.9 Å². The van der Waals surface area contributed by atoms with Gasteiger partial charge in [-0.05, 0) is 40.9 Å². The van der Waals surface area contributed by atoms with Crippen LogP contribution in [-0.4, -0.2) is 31.6 Å². The summed E-state index contributed by atoms with van der Waals surface area (Å²) < 4.78 is 1.90. The molecule has 0 amide bonds. The van der Waals surface area contributed by atoms with Gasteiger partial charge in [0.15, 0.2) is 0 Å². The van der Waals surface area contributed by atoms with Crippen LogP contribution in [0.3, 0.4) is 0 Å². The number of nitrogens with zero attached hydrogens (tertiary/aromatic N) is 4. The van der Waals surface area contributed by atoms with Gasteiger partial charge in [0.25, 0.3) is 5.69 Å². The number of nitro groups is 1. The minimum Gasteiger partial charge on any atom is -0.396 e. The lowest BCUT2D eigenvalue weighted by Crippen LogP contribution is -1.97. The van der Waals surface area contributed by atoms with Crippen molar-refractivity contribution in [3.63, 3.8) is 0 Å². The van der Waals surface area contributed by atoms with Crippen molar-refractivity contribution < 1.29 is 10.0 Å². The summed E-state index contributed by atoms with van der Waals surface area (Å²) in [5.41, 5.74) is 1.28. The summed E-state index contributed by atoms with van der Waals surface area (Å²) in [7, 11) is 0. The smallest absolute Gasteiger partial charge is 0.285 e. The number of hydrogen-bond donors (Lipinski definition) is 1. The first-order valence-electron chi connectivity index (χ1n) is 5.58. The van der Waals surface area contributed by atoms with Crippen molar-refractivity contribution >= 4 is 21.6 Å². The highest BCUT2D eigenvalue weighted by Gasteiger charge is 2.13. The van der Waals surface area contributed by atoms with Crippen molar-refractivity contribution in [1.82, 2.24) is 15.0 Å². The quantitative estimate of drug-likeness (QED) is 0.668. The van der Waals surface area contributed by atoms with Crippen LogP contribution < -0.4 is 0 Å². The number of aromatic nitrogens is 3. The molecular weight excluding hydrogens is 316 g/mol. The molecule has 1 aromatic heterocycles. The van der Waals surface area contributed by atoms with E-state index in [1.807, 2.05) is 0 Å². The van der Waals surface area contributed by atoms with Gasteiger partial charge in [-0.25, -0.2) is 4.68 Å². The number of aliphatic hydroxyl groups excluding tert-OH is 1. The molecule has 0 atom stereocenters. The number of hydrogen-bond acceptors (Lipinski definition) is 5. The Bertz CT molecular complexity index is 599. The van der Waals surface area contributed by atoms with E-state index in [1.165, 1.54) is 10.7 Å². The second kappa shape index (κ2) is 5.89. The summed E-state index contributed by atoms with van der Waals surface area (Å²) in [5.74, 6) is 0. The maximum Gasteiger partial charge on any atom is 0.285 e. The van der Waals surface area contributed by atoms with Crippen molar-refractivity contribution in [3.8, 4) is 5.69 Å². The second-order valence-corrected chi connectivity index (χ2v) is 4.73. The average Bonchev–Trinajstić information content (AvgIpc) is 2.85. The van der Waals surface area contributed by atoms with Crippen LogP contribution in [0.5, 0.6) is 0 Å². The molecule has 0 saturated heterocycles. The van der Waals surface area contributed by atoms with Crippen molar-refractivity contribution in [3.05, 3.63) is 44.7 Å². The summed E-state index contributed by atoms with van der Waals surface area (Å²) >= 11 is 3.13. The lowest BCUT2D eigenvalue weighted by atomic mass is 10.2. The number of halogens is 1. The third-order valence-corrected chi connectivity index (χ3v) is 3.19. The number of rotatable bonds is 5. The molecule has 0 aliphatic carbocycles. The Hall–Kier alpha value is -1.80. The molecule has 2 aromatic rings. The van der Waals surface area contributed by atoms with E-state index in [2.05, 4.69) is 26.2 Å². The fourth-order valence-corrected chi connectivity index (χ4v) is 1.97. The Labute approximate surface area is 117 Å². The molecule has 0 aliphatic rings. The number of aliphatic hydroxyl groups is 1. The SMILES string of the molecule is O=[N+]([O-])c1cc(-n2cc(CCCO)nn2)ccc1Br. The van der Waals surface area contributed by atoms with Gasteiger partial charge in [-0.1, -0.05) is 5.21 Å². The predicted molar refractivity (Wildman–Crippen MR) is 71.1 cm³/mol. The largest absolute Gasteiger partial charge is 0.396 e. The number of benzene rings is 1. The van der Waals surface area contributed by atoms with Crippen LogP contribution in [0.4, 0.5) is 5.69 Å². The standard InChI is InChI=1S/C11H11BrN4O3/c12-10-4-3-9(6-11(10)16(18)19)15-7-8(13-14-15)2-1-5-17/h3-4,6-7,17H,1-2,5H2.